The Labute approximate surface area is 230 Å². The lowest BCUT2D eigenvalue weighted by Gasteiger charge is -2.26. The van der Waals surface area contributed by atoms with Gasteiger partial charge in [0.1, 0.15) is 11.4 Å². The minimum atomic E-state index is -0.505. The molecule has 1 fully saturated rings. The Balaban J connectivity index is 1.33. The van der Waals surface area contributed by atoms with Crippen molar-refractivity contribution in [3.63, 3.8) is 0 Å². The molecule has 0 spiro atoms. The Morgan fingerprint density at radius 1 is 1.15 bits per heavy atom. The van der Waals surface area contributed by atoms with Crippen molar-refractivity contribution in [2.75, 3.05) is 18.5 Å². The standard InChI is InChI=1S/C28H30ClN5O5/c1-16(2)38-23-11-10-20(29)13-22(23)27-32-31-26(39-27)19-12-18(14-37-15-19)25(35)30-24-17(3)33(4)34(28(24)36)21-8-6-5-7-9-21/h5-11,13,16,18-19H,12,14-15H2,1-4H3,(H,30,35)/t18-,19-/m1/s1. The highest BCUT2D eigenvalue weighted by atomic mass is 35.5. The first-order chi connectivity index (χ1) is 18.7. The van der Waals surface area contributed by atoms with Crippen LogP contribution in [0.2, 0.25) is 5.02 Å². The zero-order valence-corrected chi connectivity index (χ0v) is 22.9. The molecule has 1 amide bonds. The van der Waals surface area contributed by atoms with Crippen LogP contribution < -0.4 is 15.6 Å². The largest absolute Gasteiger partial charge is 0.490 e. The Morgan fingerprint density at radius 2 is 1.92 bits per heavy atom. The molecule has 3 heterocycles. The number of carbonyl (C=O) groups excluding carboxylic acids is 1. The van der Waals surface area contributed by atoms with Gasteiger partial charge < -0.3 is 19.2 Å². The first-order valence-electron chi connectivity index (χ1n) is 12.8. The number of hydrogen-bond acceptors (Lipinski definition) is 7. The highest BCUT2D eigenvalue weighted by Crippen LogP contribution is 2.35. The van der Waals surface area contributed by atoms with Gasteiger partial charge in [-0.15, -0.1) is 10.2 Å². The molecule has 204 valence electrons. The van der Waals surface area contributed by atoms with Crippen LogP contribution in [0.15, 0.2) is 57.7 Å². The van der Waals surface area contributed by atoms with Crippen molar-refractivity contribution in [2.24, 2.45) is 13.0 Å². The number of aromatic nitrogens is 4. The topological polar surface area (TPSA) is 113 Å². The quantitative estimate of drug-likeness (QED) is 0.353. The first-order valence-corrected chi connectivity index (χ1v) is 13.1. The molecule has 2 aromatic heterocycles. The van der Waals surface area contributed by atoms with Crippen LogP contribution in [0.25, 0.3) is 17.1 Å². The smallest absolute Gasteiger partial charge is 0.295 e. The maximum atomic E-state index is 13.3. The van der Waals surface area contributed by atoms with Gasteiger partial charge in [-0.1, -0.05) is 29.8 Å². The lowest BCUT2D eigenvalue weighted by Crippen LogP contribution is -2.35. The van der Waals surface area contributed by atoms with Gasteiger partial charge in [-0.05, 0) is 57.5 Å². The second-order valence-corrected chi connectivity index (χ2v) is 10.3. The molecule has 0 radical (unpaired) electrons. The number of ether oxygens (including phenoxy) is 2. The summed E-state index contributed by atoms with van der Waals surface area (Å²) in [5.41, 5.74) is 1.89. The molecule has 11 heteroatoms. The van der Waals surface area contributed by atoms with Crippen molar-refractivity contribution in [2.45, 2.75) is 39.2 Å². The highest BCUT2D eigenvalue weighted by molar-refractivity contribution is 6.30. The number of hydrogen-bond donors (Lipinski definition) is 1. The van der Waals surface area contributed by atoms with E-state index in [0.717, 1.165) is 0 Å². The van der Waals surface area contributed by atoms with Crippen LogP contribution in [0.4, 0.5) is 5.69 Å². The normalized spacial score (nSPS) is 17.4. The molecule has 5 rings (SSSR count). The molecule has 10 nitrogen and oxygen atoms in total. The van der Waals surface area contributed by atoms with Crippen molar-refractivity contribution in [1.29, 1.82) is 0 Å². The van der Waals surface area contributed by atoms with E-state index >= 15 is 0 Å². The van der Waals surface area contributed by atoms with Crippen LogP contribution in [-0.4, -0.2) is 44.8 Å². The number of benzene rings is 2. The maximum Gasteiger partial charge on any atom is 0.295 e. The van der Waals surface area contributed by atoms with Crippen LogP contribution in [0.3, 0.4) is 0 Å². The molecule has 1 aliphatic rings. The van der Waals surface area contributed by atoms with E-state index in [1.165, 1.54) is 4.68 Å². The van der Waals surface area contributed by atoms with Crippen LogP contribution in [-0.2, 0) is 16.6 Å². The summed E-state index contributed by atoms with van der Waals surface area (Å²) in [5, 5.41) is 11.8. The summed E-state index contributed by atoms with van der Waals surface area (Å²) in [6, 6.07) is 14.5. The fourth-order valence-electron chi connectivity index (χ4n) is 4.66. The summed E-state index contributed by atoms with van der Waals surface area (Å²) in [6.07, 6.45) is 0.375. The molecule has 39 heavy (non-hydrogen) atoms. The maximum absolute atomic E-state index is 13.3. The lowest BCUT2D eigenvalue weighted by atomic mass is 9.92. The van der Waals surface area contributed by atoms with E-state index < -0.39 is 5.92 Å². The molecular weight excluding hydrogens is 522 g/mol. The fourth-order valence-corrected chi connectivity index (χ4v) is 4.83. The van der Waals surface area contributed by atoms with Gasteiger partial charge in [-0.3, -0.25) is 14.3 Å². The Hall–Kier alpha value is -3.89. The molecule has 1 saturated heterocycles. The molecule has 4 aromatic rings. The molecule has 0 aliphatic carbocycles. The zero-order chi connectivity index (χ0) is 27.7. The van der Waals surface area contributed by atoms with E-state index in [0.29, 0.717) is 46.6 Å². The summed E-state index contributed by atoms with van der Waals surface area (Å²) < 4.78 is 20.9. The molecule has 1 aliphatic heterocycles. The van der Waals surface area contributed by atoms with Crippen LogP contribution in [0.5, 0.6) is 5.75 Å². The Kier molecular flexibility index (Phi) is 7.58. The molecule has 0 bridgehead atoms. The number of amides is 1. The Bertz CT molecular complexity index is 1540. The fraction of sp³-hybridized carbons (Fsp3) is 0.357. The van der Waals surface area contributed by atoms with Crippen molar-refractivity contribution in [1.82, 2.24) is 19.6 Å². The van der Waals surface area contributed by atoms with E-state index in [-0.39, 0.29) is 41.7 Å². The van der Waals surface area contributed by atoms with Crippen molar-refractivity contribution in [3.8, 4) is 22.9 Å². The summed E-state index contributed by atoms with van der Waals surface area (Å²) in [5.74, 6) is 0.127. The number of rotatable bonds is 7. The van der Waals surface area contributed by atoms with Gasteiger partial charge in [-0.2, -0.15) is 0 Å². The number of halogens is 1. The highest BCUT2D eigenvalue weighted by Gasteiger charge is 2.33. The predicted octanol–water partition coefficient (Wildman–Crippen LogP) is 4.73. The number of para-hydroxylation sites is 1. The molecular formula is C28H30ClN5O5. The predicted molar refractivity (Wildman–Crippen MR) is 147 cm³/mol. The first kappa shape index (κ1) is 26.7. The molecule has 0 saturated carbocycles. The van der Waals surface area contributed by atoms with Gasteiger partial charge in [0, 0.05) is 12.1 Å². The van der Waals surface area contributed by atoms with Crippen LogP contribution in [0, 0.1) is 12.8 Å². The van der Waals surface area contributed by atoms with Gasteiger partial charge in [0.2, 0.25) is 11.8 Å². The third-order valence-corrected chi connectivity index (χ3v) is 6.94. The summed E-state index contributed by atoms with van der Waals surface area (Å²) in [6.45, 7) is 6.21. The van der Waals surface area contributed by atoms with Crippen molar-refractivity contribution >= 4 is 23.2 Å². The zero-order valence-electron chi connectivity index (χ0n) is 22.2. The average Bonchev–Trinajstić information content (AvgIpc) is 3.50. The summed E-state index contributed by atoms with van der Waals surface area (Å²) in [7, 11) is 1.78. The van der Waals surface area contributed by atoms with Crippen molar-refractivity contribution in [3.05, 3.63) is 75.5 Å². The minimum absolute atomic E-state index is 0.0524. The minimum Gasteiger partial charge on any atom is -0.490 e. The van der Waals surface area contributed by atoms with Gasteiger partial charge in [-0.25, -0.2) is 4.68 Å². The molecule has 1 N–H and O–H groups in total. The monoisotopic (exact) mass is 551 g/mol. The molecule has 2 atom stereocenters. The van der Waals surface area contributed by atoms with Gasteiger partial charge in [0.05, 0.1) is 48.1 Å². The van der Waals surface area contributed by atoms with E-state index in [4.69, 9.17) is 25.5 Å². The molecule has 2 aromatic carbocycles. The van der Waals surface area contributed by atoms with Crippen molar-refractivity contribution < 1.29 is 18.7 Å². The second kappa shape index (κ2) is 11.1. The summed E-state index contributed by atoms with van der Waals surface area (Å²) in [4.78, 5) is 26.5. The van der Waals surface area contributed by atoms with E-state index in [1.807, 2.05) is 44.2 Å². The number of nitrogens with zero attached hydrogens (tertiary/aromatic N) is 4. The third-order valence-electron chi connectivity index (χ3n) is 6.70. The lowest BCUT2D eigenvalue weighted by molar-refractivity contribution is -0.124. The van der Waals surface area contributed by atoms with Gasteiger partial charge >= 0.3 is 0 Å². The Morgan fingerprint density at radius 3 is 2.67 bits per heavy atom. The number of anilines is 1. The van der Waals surface area contributed by atoms with Gasteiger partial charge in [0.25, 0.3) is 11.4 Å². The molecule has 0 unspecified atom stereocenters. The van der Waals surface area contributed by atoms with Crippen LogP contribution >= 0.6 is 11.6 Å². The van der Waals surface area contributed by atoms with Gasteiger partial charge in [0.15, 0.2) is 0 Å². The SMILES string of the molecule is Cc1c(NC(=O)[C@H]2COC[C@H](c3nnc(-c4cc(Cl)ccc4OC(C)C)o3)C2)c(=O)n(-c2ccccc2)n1C. The number of carbonyl (C=O) groups is 1. The number of nitrogens with one attached hydrogen (secondary N) is 1. The van der Waals surface area contributed by atoms with Crippen LogP contribution in [0.1, 0.15) is 37.8 Å². The van der Waals surface area contributed by atoms with E-state index in [9.17, 15) is 9.59 Å². The summed E-state index contributed by atoms with van der Waals surface area (Å²) >= 11 is 6.21. The second-order valence-electron chi connectivity index (χ2n) is 9.85. The third kappa shape index (κ3) is 5.48. The average molecular weight is 552 g/mol. The van der Waals surface area contributed by atoms with E-state index in [2.05, 4.69) is 15.5 Å². The van der Waals surface area contributed by atoms with E-state index in [1.54, 1.807) is 36.9 Å².